The highest BCUT2D eigenvalue weighted by atomic mass is 32.2. The monoisotopic (exact) mass is 153 g/mol. The van der Waals surface area contributed by atoms with E-state index in [2.05, 4.69) is 0 Å². The zero-order valence-electron chi connectivity index (χ0n) is 5.40. The van der Waals surface area contributed by atoms with Crippen molar-refractivity contribution in [1.29, 1.82) is 0 Å². The van der Waals surface area contributed by atoms with Gasteiger partial charge < -0.3 is 10.8 Å². The summed E-state index contributed by atoms with van der Waals surface area (Å²) < 4.78 is 20.9. The summed E-state index contributed by atoms with van der Waals surface area (Å²) in [4.78, 5) is 0. The molecule has 0 aromatic heterocycles. The summed E-state index contributed by atoms with van der Waals surface area (Å²) in [6, 6.07) is -0.722. The molecule has 0 spiro atoms. The Balaban J connectivity index is 4.24. The van der Waals surface area contributed by atoms with E-state index in [4.69, 9.17) is 10.8 Å². The molecule has 0 aliphatic carbocycles. The van der Waals surface area contributed by atoms with Gasteiger partial charge in [0.25, 0.3) is 0 Å². The summed E-state index contributed by atoms with van der Waals surface area (Å²) in [5.41, 5.74) is 3.66. The molecule has 2 unspecified atom stereocenters. The van der Waals surface area contributed by atoms with Gasteiger partial charge >= 0.3 is 0 Å². The van der Waals surface area contributed by atoms with Crippen LogP contribution in [-0.2, 0) is 9.84 Å². The lowest BCUT2D eigenvalue weighted by molar-refractivity contribution is 0.225. The van der Waals surface area contributed by atoms with Gasteiger partial charge in [-0.3, -0.25) is 0 Å². The lowest BCUT2D eigenvalue weighted by Gasteiger charge is -2.10. The summed E-state index contributed by atoms with van der Waals surface area (Å²) in [5.74, 6) is 0. The van der Waals surface area contributed by atoms with Crippen LogP contribution in [0.25, 0.3) is 0 Å². The fraction of sp³-hybridized carbons (Fsp3) is 1.00. The quantitative estimate of drug-likeness (QED) is 0.516. The van der Waals surface area contributed by atoms with Gasteiger partial charge in [-0.15, -0.1) is 0 Å². The minimum Gasteiger partial charge on any atom is -0.376 e. The van der Waals surface area contributed by atoms with Gasteiger partial charge in [-0.25, -0.2) is 8.42 Å². The molecule has 0 aromatic rings. The zero-order chi connectivity index (χ0) is 7.65. The molecular formula is C4H11NO3S. The molecule has 0 amide bonds. The van der Waals surface area contributed by atoms with E-state index in [9.17, 15) is 8.42 Å². The molecule has 0 aliphatic heterocycles. The maximum Gasteiger partial charge on any atom is 0.175 e. The van der Waals surface area contributed by atoms with Crippen LogP contribution >= 0.6 is 0 Å². The molecule has 4 nitrogen and oxygen atoms in total. The molecule has 0 bridgehead atoms. The van der Waals surface area contributed by atoms with Gasteiger partial charge in [0.1, 0.15) is 0 Å². The first-order chi connectivity index (χ1) is 3.85. The molecule has 3 N–H and O–H groups in total. The molecule has 0 fully saturated rings. The predicted octanol–water partition coefficient (Wildman–Crippen LogP) is -1.30. The highest BCUT2D eigenvalue weighted by molar-refractivity contribution is 7.91. The third-order valence-corrected chi connectivity index (χ3v) is 2.20. The van der Waals surface area contributed by atoms with E-state index in [0.717, 1.165) is 6.26 Å². The van der Waals surface area contributed by atoms with Crippen molar-refractivity contribution in [2.75, 3.05) is 6.26 Å². The normalized spacial score (nSPS) is 19.1. The molecule has 2 atom stereocenters. The van der Waals surface area contributed by atoms with Gasteiger partial charge in [0.05, 0.1) is 0 Å². The minimum atomic E-state index is -3.37. The maximum absolute atomic E-state index is 10.4. The lowest BCUT2D eigenvalue weighted by Crippen LogP contribution is -2.37. The van der Waals surface area contributed by atoms with Gasteiger partial charge in [0.2, 0.25) is 0 Å². The summed E-state index contributed by atoms with van der Waals surface area (Å²) in [6.07, 6.45) is 0.945. The zero-order valence-corrected chi connectivity index (χ0v) is 6.22. The summed E-state index contributed by atoms with van der Waals surface area (Å²) in [7, 11) is -3.37. The molecule has 0 aromatic carbocycles. The Hall–Kier alpha value is -0.130. The van der Waals surface area contributed by atoms with E-state index >= 15 is 0 Å². The van der Waals surface area contributed by atoms with Gasteiger partial charge in [-0.05, 0) is 6.92 Å². The maximum atomic E-state index is 10.4. The van der Waals surface area contributed by atoms with Crippen molar-refractivity contribution in [1.82, 2.24) is 0 Å². The first-order valence-electron chi connectivity index (χ1n) is 2.48. The van der Waals surface area contributed by atoms with Crippen molar-refractivity contribution in [3.63, 3.8) is 0 Å². The smallest absolute Gasteiger partial charge is 0.175 e. The van der Waals surface area contributed by atoms with E-state index in [0.29, 0.717) is 0 Å². The standard InChI is InChI=1S/C4H11NO3S/c1-3(5)4(6)9(2,7)8/h3-4,6H,5H2,1-2H3. The third-order valence-electron chi connectivity index (χ3n) is 0.888. The SMILES string of the molecule is CC(N)C(O)S(C)(=O)=O. The van der Waals surface area contributed by atoms with Crippen LogP contribution in [0, 0.1) is 0 Å². The fourth-order valence-electron chi connectivity index (χ4n) is 0.390. The second-order valence-corrected chi connectivity index (χ2v) is 4.22. The van der Waals surface area contributed by atoms with Crippen LogP contribution in [0.3, 0.4) is 0 Å². The molecule has 0 heterocycles. The van der Waals surface area contributed by atoms with E-state index in [1.807, 2.05) is 0 Å². The van der Waals surface area contributed by atoms with Crippen molar-refractivity contribution in [3.8, 4) is 0 Å². The number of aliphatic hydroxyl groups excluding tert-OH is 1. The lowest BCUT2D eigenvalue weighted by atomic mass is 10.4. The summed E-state index contributed by atoms with van der Waals surface area (Å²) >= 11 is 0. The number of hydrogen-bond donors (Lipinski definition) is 2. The van der Waals surface area contributed by atoms with Gasteiger partial charge in [0.15, 0.2) is 15.3 Å². The topological polar surface area (TPSA) is 80.4 Å². The highest BCUT2D eigenvalue weighted by Crippen LogP contribution is 1.96. The first kappa shape index (κ1) is 8.87. The Bertz CT molecular complexity index is 172. The van der Waals surface area contributed by atoms with E-state index in [1.165, 1.54) is 6.92 Å². The first-order valence-corrected chi connectivity index (χ1v) is 4.43. The van der Waals surface area contributed by atoms with Crippen LogP contribution < -0.4 is 5.73 Å². The fourth-order valence-corrected chi connectivity index (χ4v) is 1.17. The Labute approximate surface area is 54.6 Å². The van der Waals surface area contributed by atoms with Crippen LogP contribution in [0.1, 0.15) is 6.92 Å². The Morgan fingerprint density at radius 3 is 1.89 bits per heavy atom. The van der Waals surface area contributed by atoms with Gasteiger partial charge in [0, 0.05) is 12.3 Å². The van der Waals surface area contributed by atoms with Gasteiger partial charge in [-0.1, -0.05) is 0 Å². The Kier molecular flexibility index (Phi) is 2.60. The van der Waals surface area contributed by atoms with Crippen LogP contribution in [0.5, 0.6) is 0 Å². The van der Waals surface area contributed by atoms with Crippen LogP contribution in [0.4, 0.5) is 0 Å². The van der Waals surface area contributed by atoms with E-state index in [1.54, 1.807) is 0 Å². The van der Waals surface area contributed by atoms with Crippen molar-refractivity contribution < 1.29 is 13.5 Å². The van der Waals surface area contributed by atoms with Crippen LogP contribution in [0.15, 0.2) is 0 Å². The molecule has 5 heteroatoms. The molecule has 56 valence electrons. The summed E-state index contributed by atoms with van der Waals surface area (Å²) in [6.45, 7) is 1.44. The minimum absolute atomic E-state index is 0.722. The van der Waals surface area contributed by atoms with Crippen molar-refractivity contribution in [3.05, 3.63) is 0 Å². The van der Waals surface area contributed by atoms with Crippen LogP contribution in [-0.4, -0.2) is 31.3 Å². The van der Waals surface area contributed by atoms with Crippen molar-refractivity contribution >= 4 is 9.84 Å². The summed E-state index contributed by atoms with van der Waals surface area (Å²) in [5, 5.41) is 8.75. The third kappa shape index (κ3) is 2.78. The average Bonchev–Trinajstić information content (AvgIpc) is 1.62. The number of aliphatic hydroxyl groups is 1. The van der Waals surface area contributed by atoms with Gasteiger partial charge in [-0.2, -0.15) is 0 Å². The molecule has 9 heavy (non-hydrogen) atoms. The van der Waals surface area contributed by atoms with Crippen molar-refractivity contribution in [2.45, 2.75) is 18.4 Å². The predicted molar refractivity (Wildman–Crippen MR) is 34.5 cm³/mol. The number of sulfone groups is 1. The molecular weight excluding hydrogens is 142 g/mol. The average molecular weight is 153 g/mol. The largest absolute Gasteiger partial charge is 0.376 e. The molecule has 0 rings (SSSR count). The molecule has 0 aliphatic rings. The Morgan fingerprint density at radius 1 is 1.56 bits per heavy atom. The number of nitrogens with two attached hydrogens (primary N) is 1. The van der Waals surface area contributed by atoms with E-state index in [-0.39, 0.29) is 0 Å². The van der Waals surface area contributed by atoms with Crippen LogP contribution in [0.2, 0.25) is 0 Å². The number of rotatable bonds is 2. The second kappa shape index (κ2) is 2.64. The number of hydrogen-bond acceptors (Lipinski definition) is 4. The molecule has 0 saturated carbocycles. The second-order valence-electron chi connectivity index (χ2n) is 2.08. The molecule has 0 saturated heterocycles. The molecule has 0 radical (unpaired) electrons. The van der Waals surface area contributed by atoms with E-state index < -0.39 is 21.3 Å². The Morgan fingerprint density at radius 2 is 1.89 bits per heavy atom. The highest BCUT2D eigenvalue weighted by Gasteiger charge is 2.20. The van der Waals surface area contributed by atoms with Crippen molar-refractivity contribution in [2.24, 2.45) is 5.73 Å².